The van der Waals surface area contributed by atoms with Crippen LogP contribution >= 0.6 is 0 Å². The van der Waals surface area contributed by atoms with Crippen LogP contribution in [0.15, 0.2) is 10.9 Å². The van der Waals surface area contributed by atoms with E-state index in [1.165, 1.54) is 5.56 Å². The van der Waals surface area contributed by atoms with Crippen LogP contribution in [0.5, 0.6) is 0 Å². The van der Waals surface area contributed by atoms with E-state index in [1.54, 1.807) is 4.90 Å². The van der Waals surface area contributed by atoms with E-state index in [0.29, 0.717) is 18.7 Å². The first kappa shape index (κ1) is 15.3. The van der Waals surface area contributed by atoms with Crippen molar-refractivity contribution in [2.24, 2.45) is 0 Å². The highest BCUT2D eigenvalue weighted by Crippen LogP contribution is 2.23. The smallest absolute Gasteiger partial charge is 0.263 e. The number of pyridine rings is 1. The fraction of sp³-hybridized carbons (Fsp3) is 0.647. The SMILES string of the molecule is CC(C)n1c2c(cc(C(=O)N3CCNCC3)c1=O)CCCC2. The molecule has 5 heteroatoms. The highest BCUT2D eigenvalue weighted by Gasteiger charge is 2.25. The van der Waals surface area contributed by atoms with Crippen molar-refractivity contribution in [2.45, 2.75) is 45.6 Å². The van der Waals surface area contributed by atoms with Gasteiger partial charge in [0.05, 0.1) is 0 Å². The number of rotatable bonds is 2. The van der Waals surface area contributed by atoms with Gasteiger partial charge in [-0.1, -0.05) is 0 Å². The van der Waals surface area contributed by atoms with Crippen molar-refractivity contribution in [3.05, 3.63) is 33.2 Å². The zero-order valence-electron chi connectivity index (χ0n) is 13.5. The molecule has 1 aromatic heterocycles. The Morgan fingerprint density at radius 3 is 2.55 bits per heavy atom. The first-order valence-corrected chi connectivity index (χ1v) is 8.37. The van der Waals surface area contributed by atoms with Crippen LogP contribution in [-0.4, -0.2) is 41.6 Å². The Bertz CT molecular complexity index is 628. The number of carbonyl (C=O) groups excluding carboxylic acids is 1. The molecule has 0 spiro atoms. The van der Waals surface area contributed by atoms with Gasteiger partial charge in [0.25, 0.3) is 11.5 Å². The van der Waals surface area contributed by atoms with Crippen LogP contribution in [-0.2, 0) is 12.8 Å². The molecule has 1 N–H and O–H groups in total. The molecule has 2 heterocycles. The predicted octanol–water partition coefficient (Wildman–Crippen LogP) is 1.35. The number of hydrogen-bond donors (Lipinski definition) is 1. The summed E-state index contributed by atoms with van der Waals surface area (Å²) in [7, 11) is 0. The molecule has 120 valence electrons. The van der Waals surface area contributed by atoms with Gasteiger partial charge in [-0.2, -0.15) is 0 Å². The summed E-state index contributed by atoms with van der Waals surface area (Å²) in [5.74, 6) is -0.103. The lowest BCUT2D eigenvalue weighted by molar-refractivity contribution is 0.0733. The van der Waals surface area contributed by atoms with Crippen molar-refractivity contribution in [1.29, 1.82) is 0 Å². The minimum absolute atomic E-state index is 0.0927. The predicted molar refractivity (Wildman–Crippen MR) is 86.5 cm³/mol. The summed E-state index contributed by atoms with van der Waals surface area (Å²) in [5.41, 5.74) is 2.58. The number of piperazine rings is 1. The van der Waals surface area contributed by atoms with E-state index in [-0.39, 0.29) is 17.5 Å². The molecule has 1 saturated heterocycles. The molecule has 0 atom stereocenters. The zero-order chi connectivity index (χ0) is 15.7. The van der Waals surface area contributed by atoms with E-state index in [0.717, 1.165) is 44.5 Å². The highest BCUT2D eigenvalue weighted by atomic mass is 16.2. The van der Waals surface area contributed by atoms with Crippen molar-refractivity contribution in [3.63, 3.8) is 0 Å². The van der Waals surface area contributed by atoms with Gasteiger partial charge >= 0.3 is 0 Å². The minimum atomic E-state index is -0.112. The van der Waals surface area contributed by atoms with Crippen molar-refractivity contribution in [3.8, 4) is 0 Å². The average Bonchev–Trinajstić information content (AvgIpc) is 2.54. The molecule has 0 radical (unpaired) electrons. The Morgan fingerprint density at radius 2 is 1.86 bits per heavy atom. The fourth-order valence-corrected chi connectivity index (χ4v) is 3.57. The van der Waals surface area contributed by atoms with Gasteiger partial charge in [0, 0.05) is 37.9 Å². The number of aromatic nitrogens is 1. The molecule has 0 saturated carbocycles. The van der Waals surface area contributed by atoms with E-state index in [9.17, 15) is 9.59 Å². The lowest BCUT2D eigenvalue weighted by atomic mass is 9.93. The largest absolute Gasteiger partial charge is 0.336 e. The van der Waals surface area contributed by atoms with Crippen LogP contribution in [0, 0.1) is 0 Å². The number of nitrogens with zero attached hydrogens (tertiary/aromatic N) is 2. The second kappa shape index (κ2) is 6.24. The van der Waals surface area contributed by atoms with Gasteiger partial charge in [-0.3, -0.25) is 9.59 Å². The second-order valence-electron chi connectivity index (χ2n) is 6.55. The summed E-state index contributed by atoms with van der Waals surface area (Å²) in [6.07, 6.45) is 4.20. The maximum Gasteiger partial charge on any atom is 0.263 e. The lowest BCUT2D eigenvalue weighted by Gasteiger charge is -2.29. The van der Waals surface area contributed by atoms with Gasteiger partial charge in [0.2, 0.25) is 0 Å². The molecule has 1 aromatic rings. The van der Waals surface area contributed by atoms with Crippen LogP contribution < -0.4 is 10.9 Å². The molecule has 0 unspecified atom stereocenters. The van der Waals surface area contributed by atoms with Crippen LogP contribution in [0.2, 0.25) is 0 Å². The van der Waals surface area contributed by atoms with E-state index in [4.69, 9.17) is 0 Å². The molecule has 0 aromatic carbocycles. The third-order valence-electron chi connectivity index (χ3n) is 4.69. The Hall–Kier alpha value is -1.62. The molecule has 1 aliphatic heterocycles. The zero-order valence-corrected chi connectivity index (χ0v) is 13.5. The number of hydrogen-bond acceptors (Lipinski definition) is 3. The summed E-state index contributed by atoms with van der Waals surface area (Å²) in [4.78, 5) is 27.4. The van der Waals surface area contributed by atoms with Gasteiger partial charge < -0.3 is 14.8 Å². The molecule has 0 bridgehead atoms. The molecule has 2 aliphatic rings. The van der Waals surface area contributed by atoms with E-state index in [2.05, 4.69) is 5.32 Å². The van der Waals surface area contributed by atoms with Gasteiger partial charge in [-0.25, -0.2) is 0 Å². The van der Waals surface area contributed by atoms with Gasteiger partial charge in [0.1, 0.15) is 5.56 Å². The maximum atomic E-state index is 12.9. The molecular weight excluding hydrogens is 278 g/mol. The summed E-state index contributed by atoms with van der Waals surface area (Å²) >= 11 is 0. The number of amides is 1. The number of nitrogens with one attached hydrogen (secondary N) is 1. The summed E-state index contributed by atoms with van der Waals surface area (Å²) in [6, 6.07) is 1.97. The molecule has 22 heavy (non-hydrogen) atoms. The fourth-order valence-electron chi connectivity index (χ4n) is 3.57. The Kier molecular flexibility index (Phi) is 4.34. The van der Waals surface area contributed by atoms with Gasteiger partial charge in [-0.05, 0) is 51.2 Å². The monoisotopic (exact) mass is 303 g/mol. The maximum absolute atomic E-state index is 12.9. The highest BCUT2D eigenvalue weighted by molar-refractivity contribution is 5.94. The van der Waals surface area contributed by atoms with Crippen molar-refractivity contribution >= 4 is 5.91 Å². The molecule has 5 nitrogen and oxygen atoms in total. The minimum Gasteiger partial charge on any atom is -0.336 e. The molecular formula is C17H25N3O2. The number of carbonyl (C=O) groups is 1. The third kappa shape index (κ3) is 2.70. The standard InChI is InChI=1S/C17H25N3O2/c1-12(2)20-15-6-4-3-5-13(15)11-14(17(20)22)16(21)19-9-7-18-8-10-19/h11-12,18H,3-10H2,1-2H3. The summed E-state index contributed by atoms with van der Waals surface area (Å²) in [5, 5.41) is 3.24. The van der Waals surface area contributed by atoms with Crippen LogP contribution in [0.3, 0.4) is 0 Å². The Morgan fingerprint density at radius 1 is 1.18 bits per heavy atom. The Labute approximate surface area is 131 Å². The normalized spacial score (nSPS) is 18.4. The number of aryl methyl sites for hydroxylation is 1. The van der Waals surface area contributed by atoms with Gasteiger partial charge in [0.15, 0.2) is 0 Å². The average molecular weight is 303 g/mol. The topological polar surface area (TPSA) is 54.3 Å². The molecule has 1 amide bonds. The molecule has 1 fully saturated rings. The van der Waals surface area contributed by atoms with Gasteiger partial charge in [-0.15, -0.1) is 0 Å². The Balaban J connectivity index is 2.06. The van der Waals surface area contributed by atoms with Crippen LogP contribution in [0.1, 0.15) is 54.3 Å². The lowest BCUT2D eigenvalue weighted by Crippen LogP contribution is -2.48. The first-order chi connectivity index (χ1) is 10.6. The summed E-state index contributed by atoms with van der Waals surface area (Å²) < 4.78 is 1.85. The summed E-state index contributed by atoms with van der Waals surface area (Å²) in [6.45, 7) is 7.00. The van der Waals surface area contributed by atoms with E-state index < -0.39 is 0 Å². The molecule has 1 aliphatic carbocycles. The third-order valence-corrected chi connectivity index (χ3v) is 4.69. The quantitative estimate of drug-likeness (QED) is 0.897. The molecule has 3 rings (SSSR count). The van der Waals surface area contributed by atoms with E-state index >= 15 is 0 Å². The van der Waals surface area contributed by atoms with Crippen molar-refractivity contribution < 1.29 is 4.79 Å². The number of fused-ring (bicyclic) bond motifs is 1. The second-order valence-corrected chi connectivity index (χ2v) is 6.55. The van der Waals surface area contributed by atoms with Crippen molar-refractivity contribution in [2.75, 3.05) is 26.2 Å². The van der Waals surface area contributed by atoms with Crippen molar-refractivity contribution in [1.82, 2.24) is 14.8 Å². The van der Waals surface area contributed by atoms with Crippen LogP contribution in [0.25, 0.3) is 0 Å². The first-order valence-electron chi connectivity index (χ1n) is 8.37. The van der Waals surface area contributed by atoms with E-state index in [1.807, 2.05) is 24.5 Å². The van der Waals surface area contributed by atoms with Crippen LogP contribution in [0.4, 0.5) is 0 Å².